The first-order valence-electron chi connectivity index (χ1n) is 9.43. The number of hydrogen-bond donors (Lipinski definition) is 2. The fourth-order valence-electron chi connectivity index (χ4n) is 3.66. The minimum absolute atomic E-state index is 0.0705. The number of halogens is 2. The zero-order valence-electron chi connectivity index (χ0n) is 16.2. The van der Waals surface area contributed by atoms with Crippen LogP contribution in [0.5, 0.6) is 0 Å². The first-order chi connectivity index (χ1) is 14.5. The fraction of sp³-hybridized carbons (Fsp3) is 0.238. The van der Waals surface area contributed by atoms with Gasteiger partial charge in [0.2, 0.25) is 0 Å². The number of carbonyl (C=O) groups excluding carboxylic acids is 2. The monoisotopic (exact) mass is 411 g/mol. The Morgan fingerprint density at radius 1 is 1.13 bits per heavy atom. The van der Waals surface area contributed by atoms with Crippen LogP contribution in [0.3, 0.4) is 0 Å². The lowest BCUT2D eigenvalue weighted by molar-refractivity contribution is 0.0937. The van der Waals surface area contributed by atoms with Crippen LogP contribution < -0.4 is 15.5 Å². The van der Waals surface area contributed by atoms with Crippen LogP contribution >= 0.6 is 0 Å². The van der Waals surface area contributed by atoms with E-state index in [1.165, 1.54) is 12.4 Å². The predicted molar refractivity (Wildman–Crippen MR) is 107 cm³/mol. The molecule has 0 spiro atoms. The molecule has 1 atom stereocenters. The molecule has 3 aromatic rings. The van der Waals surface area contributed by atoms with Crippen molar-refractivity contribution in [3.8, 4) is 0 Å². The van der Waals surface area contributed by atoms with Gasteiger partial charge in [-0.1, -0.05) is 0 Å². The highest BCUT2D eigenvalue weighted by molar-refractivity contribution is 6.08. The van der Waals surface area contributed by atoms with Crippen molar-refractivity contribution >= 4 is 28.4 Å². The highest BCUT2D eigenvalue weighted by Crippen LogP contribution is 2.30. The van der Waals surface area contributed by atoms with Crippen molar-refractivity contribution in [2.75, 3.05) is 25.0 Å². The molecule has 2 amide bonds. The second-order valence-electron chi connectivity index (χ2n) is 7.03. The molecular weight excluding hydrogens is 392 g/mol. The number of carbonyl (C=O) groups is 2. The van der Waals surface area contributed by atoms with Crippen molar-refractivity contribution in [2.45, 2.75) is 12.5 Å². The van der Waals surface area contributed by atoms with E-state index < -0.39 is 17.5 Å². The molecule has 2 aromatic carbocycles. The Morgan fingerprint density at radius 3 is 2.73 bits per heavy atom. The molecule has 0 saturated carbocycles. The van der Waals surface area contributed by atoms with Gasteiger partial charge in [-0.3, -0.25) is 9.59 Å². The summed E-state index contributed by atoms with van der Waals surface area (Å²) < 4.78 is 26.5. The minimum Gasteiger partial charge on any atom is -0.369 e. The number of rotatable bonds is 4. The topological polar surface area (TPSA) is 87.2 Å². The molecule has 0 bridgehead atoms. The molecular formula is C21H19F2N5O2. The highest BCUT2D eigenvalue weighted by Gasteiger charge is 2.26. The molecule has 30 heavy (non-hydrogen) atoms. The van der Waals surface area contributed by atoms with E-state index in [-0.39, 0.29) is 17.5 Å². The van der Waals surface area contributed by atoms with Gasteiger partial charge in [0.05, 0.1) is 11.1 Å². The molecule has 1 unspecified atom stereocenters. The van der Waals surface area contributed by atoms with Gasteiger partial charge >= 0.3 is 0 Å². The van der Waals surface area contributed by atoms with Crippen LogP contribution in [-0.2, 0) is 0 Å². The summed E-state index contributed by atoms with van der Waals surface area (Å²) in [7, 11) is 1.56. The number of amides is 2. The molecule has 0 aliphatic carbocycles. The van der Waals surface area contributed by atoms with Crippen LogP contribution in [0.1, 0.15) is 27.1 Å². The van der Waals surface area contributed by atoms with Gasteiger partial charge < -0.3 is 15.5 Å². The summed E-state index contributed by atoms with van der Waals surface area (Å²) in [6.45, 7) is 1.20. The predicted octanol–water partition coefficient (Wildman–Crippen LogP) is 2.28. The van der Waals surface area contributed by atoms with Gasteiger partial charge in [-0.05, 0) is 36.8 Å². The van der Waals surface area contributed by atoms with Gasteiger partial charge in [-0.15, -0.1) is 0 Å². The van der Waals surface area contributed by atoms with Crippen molar-refractivity contribution in [1.82, 2.24) is 20.6 Å². The standard InChI is InChI=1S/C21H19F2N5O2/c1-24-21(30)14-3-5-18(15-9-25-11-26-19(14)15)28-7-6-13(10-28)27-20(29)12-2-4-16(22)17(23)8-12/h2-5,8-9,11,13H,6-7,10H2,1H3,(H,24,30)(H,27,29). The Labute approximate surface area is 171 Å². The van der Waals surface area contributed by atoms with Crippen molar-refractivity contribution < 1.29 is 18.4 Å². The SMILES string of the molecule is CNC(=O)c1ccc(N2CCC(NC(=O)c3ccc(F)c(F)c3)C2)c2cncnc12. The smallest absolute Gasteiger partial charge is 0.253 e. The Morgan fingerprint density at radius 2 is 1.97 bits per heavy atom. The van der Waals surface area contributed by atoms with E-state index in [0.29, 0.717) is 30.6 Å². The van der Waals surface area contributed by atoms with Gasteiger partial charge in [-0.2, -0.15) is 0 Å². The summed E-state index contributed by atoms with van der Waals surface area (Å²) in [5, 5.41) is 6.21. The third-order valence-corrected chi connectivity index (χ3v) is 5.17. The first-order valence-corrected chi connectivity index (χ1v) is 9.43. The molecule has 9 heteroatoms. The van der Waals surface area contributed by atoms with Crippen LogP contribution in [0.2, 0.25) is 0 Å². The molecule has 1 aliphatic heterocycles. The second kappa shape index (κ2) is 8.02. The normalized spacial score (nSPS) is 16.0. The Hall–Kier alpha value is -3.62. The van der Waals surface area contributed by atoms with Crippen molar-refractivity contribution in [3.05, 3.63) is 65.6 Å². The first kappa shape index (κ1) is 19.7. The van der Waals surface area contributed by atoms with Crippen LogP contribution in [0.25, 0.3) is 10.9 Å². The molecule has 2 N–H and O–H groups in total. The number of anilines is 1. The molecule has 1 saturated heterocycles. The van der Waals surface area contributed by atoms with E-state index in [2.05, 4.69) is 25.5 Å². The van der Waals surface area contributed by atoms with E-state index in [4.69, 9.17) is 0 Å². The number of nitrogens with zero attached hydrogens (tertiary/aromatic N) is 3. The van der Waals surface area contributed by atoms with E-state index in [9.17, 15) is 18.4 Å². The van der Waals surface area contributed by atoms with Crippen LogP contribution in [0, 0.1) is 11.6 Å². The Balaban J connectivity index is 1.53. The van der Waals surface area contributed by atoms with Gasteiger partial charge in [0.15, 0.2) is 11.6 Å². The zero-order chi connectivity index (χ0) is 21.3. The second-order valence-corrected chi connectivity index (χ2v) is 7.03. The van der Waals surface area contributed by atoms with Crippen molar-refractivity contribution in [3.63, 3.8) is 0 Å². The maximum absolute atomic E-state index is 13.4. The van der Waals surface area contributed by atoms with Gasteiger partial charge in [-0.25, -0.2) is 18.7 Å². The molecule has 0 radical (unpaired) electrons. The summed E-state index contributed by atoms with van der Waals surface area (Å²) in [6, 6.07) is 6.48. The van der Waals surface area contributed by atoms with E-state index in [1.54, 1.807) is 19.3 Å². The number of aromatic nitrogens is 2. The molecule has 7 nitrogen and oxygen atoms in total. The van der Waals surface area contributed by atoms with E-state index in [0.717, 1.165) is 23.2 Å². The minimum atomic E-state index is -1.06. The number of benzene rings is 2. The molecule has 1 fully saturated rings. The Kier molecular flexibility index (Phi) is 5.26. The maximum atomic E-state index is 13.4. The summed E-state index contributed by atoms with van der Waals surface area (Å²) >= 11 is 0. The third-order valence-electron chi connectivity index (χ3n) is 5.17. The number of nitrogens with one attached hydrogen (secondary N) is 2. The largest absolute Gasteiger partial charge is 0.369 e. The summed E-state index contributed by atoms with van der Waals surface area (Å²) in [5.74, 6) is -2.74. The molecule has 4 rings (SSSR count). The molecule has 1 aliphatic rings. The lowest BCUT2D eigenvalue weighted by Gasteiger charge is -2.21. The fourth-order valence-corrected chi connectivity index (χ4v) is 3.66. The summed E-state index contributed by atoms with van der Waals surface area (Å²) in [4.78, 5) is 35.0. The summed E-state index contributed by atoms with van der Waals surface area (Å²) in [6.07, 6.45) is 3.74. The maximum Gasteiger partial charge on any atom is 0.253 e. The average molecular weight is 411 g/mol. The van der Waals surface area contributed by atoms with Crippen molar-refractivity contribution in [2.24, 2.45) is 0 Å². The molecule has 154 valence electrons. The van der Waals surface area contributed by atoms with Crippen LogP contribution in [0.15, 0.2) is 42.9 Å². The number of fused-ring (bicyclic) bond motifs is 1. The average Bonchev–Trinajstić information content (AvgIpc) is 3.22. The highest BCUT2D eigenvalue weighted by atomic mass is 19.2. The lowest BCUT2D eigenvalue weighted by Crippen LogP contribution is -2.37. The van der Waals surface area contributed by atoms with Gasteiger partial charge in [0.25, 0.3) is 11.8 Å². The Bertz CT molecular complexity index is 1140. The zero-order valence-corrected chi connectivity index (χ0v) is 16.2. The quantitative estimate of drug-likeness (QED) is 0.688. The lowest BCUT2D eigenvalue weighted by atomic mass is 10.1. The van der Waals surface area contributed by atoms with E-state index >= 15 is 0 Å². The third kappa shape index (κ3) is 3.66. The van der Waals surface area contributed by atoms with Crippen LogP contribution in [0.4, 0.5) is 14.5 Å². The molecule has 1 aromatic heterocycles. The van der Waals surface area contributed by atoms with Crippen LogP contribution in [-0.4, -0.2) is 48.0 Å². The van der Waals surface area contributed by atoms with Crippen molar-refractivity contribution in [1.29, 1.82) is 0 Å². The van der Waals surface area contributed by atoms with Gasteiger partial charge in [0.1, 0.15) is 6.33 Å². The molecule has 2 heterocycles. The van der Waals surface area contributed by atoms with E-state index in [1.807, 2.05) is 6.07 Å². The van der Waals surface area contributed by atoms with Gasteiger partial charge in [0, 0.05) is 49.0 Å². The summed E-state index contributed by atoms with van der Waals surface area (Å²) in [5.41, 5.74) is 1.95. The number of hydrogen-bond acceptors (Lipinski definition) is 5.